The summed E-state index contributed by atoms with van der Waals surface area (Å²) in [5.41, 5.74) is 9.85. The Labute approximate surface area is 92.7 Å². The minimum atomic E-state index is -1.23. The van der Waals surface area contributed by atoms with Gasteiger partial charge in [-0.05, 0) is 19.5 Å². The largest absolute Gasteiger partial charge is 0.387 e. The number of aliphatic imine (C=N–C) groups is 1. The van der Waals surface area contributed by atoms with Crippen LogP contribution in [0.1, 0.15) is 13.3 Å². The molecular weight excluding hydrogens is 216 g/mol. The second kappa shape index (κ2) is 7.70. The molecule has 0 aliphatic carbocycles. The van der Waals surface area contributed by atoms with Crippen molar-refractivity contribution in [3.63, 3.8) is 0 Å². The van der Waals surface area contributed by atoms with Gasteiger partial charge in [-0.3, -0.25) is 4.79 Å². The van der Waals surface area contributed by atoms with Crippen molar-refractivity contribution in [3.8, 4) is 0 Å². The highest BCUT2D eigenvalue weighted by molar-refractivity contribution is 6.03. The van der Waals surface area contributed by atoms with Crippen molar-refractivity contribution in [3.05, 3.63) is 23.6 Å². The number of halogens is 2. The van der Waals surface area contributed by atoms with Gasteiger partial charge in [0.25, 0.3) is 5.91 Å². The van der Waals surface area contributed by atoms with Crippen LogP contribution in [0.2, 0.25) is 0 Å². The summed E-state index contributed by atoms with van der Waals surface area (Å²) in [6.07, 6.45) is 2.54. The van der Waals surface area contributed by atoms with E-state index in [0.29, 0.717) is 0 Å². The lowest BCUT2D eigenvalue weighted by atomic mass is 10.2. The summed E-state index contributed by atoms with van der Waals surface area (Å²) >= 11 is 0. The molecule has 1 amide bonds. The van der Waals surface area contributed by atoms with Crippen LogP contribution in [-0.4, -0.2) is 25.0 Å². The summed E-state index contributed by atoms with van der Waals surface area (Å²) in [5, 5.41) is 0. The summed E-state index contributed by atoms with van der Waals surface area (Å²) in [7, 11) is 0. The minimum absolute atomic E-state index is 0.0354. The van der Waals surface area contributed by atoms with Gasteiger partial charge in [0.1, 0.15) is 18.3 Å². The predicted octanol–water partition coefficient (Wildman–Crippen LogP) is 0.988. The van der Waals surface area contributed by atoms with Crippen LogP contribution in [0.4, 0.5) is 8.78 Å². The van der Waals surface area contributed by atoms with Crippen LogP contribution in [0.25, 0.3) is 0 Å². The van der Waals surface area contributed by atoms with Crippen molar-refractivity contribution in [2.75, 3.05) is 13.2 Å². The van der Waals surface area contributed by atoms with Crippen molar-refractivity contribution >= 4 is 11.7 Å². The summed E-state index contributed by atoms with van der Waals surface area (Å²) < 4.78 is 25.6. The number of nitrogens with zero attached hydrogens (tertiary/aromatic N) is 1. The number of nitrogens with two attached hydrogens (primary N) is 2. The Kier molecular flexibility index (Phi) is 6.95. The first kappa shape index (κ1) is 14.4. The lowest BCUT2D eigenvalue weighted by Crippen LogP contribution is -2.19. The maximum atomic E-state index is 13.2. The Balaban J connectivity index is 4.93. The second-order valence-electron chi connectivity index (χ2n) is 2.91. The van der Waals surface area contributed by atoms with Crippen LogP contribution in [0, 0.1) is 0 Å². The molecule has 0 atom stereocenters. The Morgan fingerprint density at radius 2 is 2.12 bits per heavy atom. The van der Waals surface area contributed by atoms with Crippen molar-refractivity contribution < 1.29 is 13.6 Å². The minimum Gasteiger partial charge on any atom is -0.387 e. The number of hydrogen-bond donors (Lipinski definition) is 2. The first-order chi connectivity index (χ1) is 7.56. The van der Waals surface area contributed by atoms with E-state index in [1.54, 1.807) is 6.92 Å². The molecule has 6 heteroatoms. The number of amidine groups is 1. The van der Waals surface area contributed by atoms with Gasteiger partial charge in [0, 0.05) is 6.42 Å². The smallest absolute Gasteiger partial charge is 0.280 e. The molecule has 0 aromatic heterocycles. The Morgan fingerprint density at radius 1 is 1.50 bits per heavy atom. The van der Waals surface area contributed by atoms with E-state index < -0.39 is 24.0 Å². The van der Waals surface area contributed by atoms with E-state index in [-0.39, 0.29) is 18.8 Å². The molecule has 4 nitrogen and oxygen atoms in total. The molecule has 0 aromatic carbocycles. The number of hydrogen-bond acceptors (Lipinski definition) is 2. The zero-order chi connectivity index (χ0) is 12.6. The average molecular weight is 231 g/mol. The monoisotopic (exact) mass is 231 g/mol. The molecular formula is C10H15F2N3O. The summed E-state index contributed by atoms with van der Waals surface area (Å²) in [4.78, 5) is 14.6. The normalized spacial score (nSPS) is 14.1. The van der Waals surface area contributed by atoms with Crippen molar-refractivity contribution in [1.29, 1.82) is 0 Å². The van der Waals surface area contributed by atoms with E-state index in [2.05, 4.69) is 4.99 Å². The van der Waals surface area contributed by atoms with Gasteiger partial charge >= 0.3 is 0 Å². The number of carbonyl (C=O) groups excluding carboxylic acids is 1. The standard InChI is InChI=1S/C10H15F2N3O/c1-2-3-8(12)7(6-11)10(16)15-9(14)4-5-13/h2-3H,4-6,13H2,1H3,(H2,14,15,16)/b3-2-,8-7-. The van der Waals surface area contributed by atoms with Crippen molar-refractivity contribution in [2.24, 2.45) is 16.5 Å². The van der Waals surface area contributed by atoms with Gasteiger partial charge in [-0.1, -0.05) is 6.08 Å². The van der Waals surface area contributed by atoms with Crippen molar-refractivity contribution in [1.82, 2.24) is 0 Å². The van der Waals surface area contributed by atoms with Crippen LogP contribution in [0.15, 0.2) is 28.5 Å². The third-order valence-electron chi connectivity index (χ3n) is 1.64. The summed E-state index contributed by atoms with van der Waals surface area (Å²) in [6, 6.07) is 0. The van der Waals surface area contributed by atoms with Crippen LogP contribution in [-0.2, 0) is 4.79 Å². The number of amides is 1. The van der Waals surface area contributed by atoms with E-state index in [9.17, 15) is 13.6 Å². The molecule has 90 valence electrons. The van der Waals surface area contributed by atoms with E-state index in [4.69, 9.17) is 11.5 Å². The molecule has 0 spiro atoms. The fraction of sp³-hybridized carbons (Fsp3) is 0.400. The second-order valence-corrected chi connectivity index (χ2v) is 2.91. The fourth-order valence-corrected chi connectivity index (χ4v) is 0.872. The predicted molar refractivity (Wildman–Crippen MR) is 59.2 cm³/mol. The number of allylic oxidation sites excluding steroid dienone is 3. The first-order valence-corrected chi connectivity index (χ1v) is 4.71. The highest BCUT2D eigenvalue weighted by Crippen LogP contribution is 2.11. The van der Waals surface area contributed by atoms with Crippen LogP contribution in [0.5, 0.6) is 0 Å². The van der Waals surface area contributed by atoms with Crippen LogP contribution in [0.3, 0.4) is 0 Å². The summed E-state index contributed by atoms with van der Waals surface area (Å²) in [5.74, 6) is -1.99. The molecule has 16 heavy (non-hydrogen) atoms. The van der Waals surface area contributed by atoms with E-state index in [1.807, 2.05) is 0 Å². The van der Waals surface area contributed by atoms with Gasteiger partial charge in [0.2, 0.25) is 0 Å². The molecule has 0 rings (SSSR count). The quantitative estimate of drug-likeness (QED) is 0.320. The molecule has 0 saturated carbocycles. The molecule has 0 aliphatic heterocycles. The Bertz CT molecular complexity index is 335. The van der Waals surface area contributed by atoms with E-state index in [0.717, 1.165) is 6.08 Å². The van der Waals surface area contributed by atoms with Gasteiger partial charge in [-0.2, -0.15) is 4.99 Å². The molecule has 0 unspecified atom stereocenters. The molecule has 0 fully saturated rings. The third kappa shape index (κ3) is 4.79. The maximum Gasteiger partial charge on any atom is 0.280 e. The maximum absolute atomic E-state index is 13.2. The van der Waals surface area contributed by atoms with Gasteiger partial charge in [-0.25, -0.2) is 8.78 Å². The number of alkyl halides is 1. The SMILES string of the molecule is C/C=C\C(F)=C(/CF)C(=O)N=C(N)CCN. The lowest BCUT2D eigenvalue weighted by molar-refractivity contribution is -0.114. The van der Waals surface area contributed by atoms with E-state index >= 15 is 0 Å². The molecule has 0 saturated heterocycles. The van der Waals surface area contributed by atoms with Gasteiger partial charge in [-0.15, -0.1) is 0 Å². The molecule has 4 N–H and O–H groups in total. The van der Waals surface area contributed by atoms with Crippen molar-refractivity contribution in [2.45, 2.75) is 13.3 Å². The topological polar surface area (TPSA) is 81.5 Å². The summed E-state index contributed by atoms with van der Waals surface area (Å²) in [6.45, 7) is 0.537. The number of rotatable bonds is 5. The number of carbonyl (C=O) groups is 1. The lowest BCUT2D eigenvalue weighted by Gasteiger charge is -2.00. The zero-order valence-electron chi connectivity index (χ0n) is 9.04. The van der Waals surface area contributed by atoms with Crippen LogP contribution < -0.4 is 11.5 Å². The zero-order valence-corrected chi connectivity index (χ0v) is 9.04. The highest BCUT2D eigenvalue weighted by atomic mass is 19.1. The Morgan fingerprint density at radius 3 is 2.56 bits per heavy atom. The van der Waals surface area contributed by atoms with Crippen LogP contribution >= 0.6 is 0 Å². The molecule has 0 bridgehead atoms. The van der Waals surface area contributed by atoms with Gasteiger partial charge in [0.15, 0.2) is 0 Å². The average Bonchev–Trinajstić information content (AvgIpc) is 2.19. The molecule has 0 aliphatic rings. The van der Waals surface area contributed by atoms with Gasteiger partial charge in [0.05, 0.1) is 5.57 Å². The molecule has 0 heterocycles. The molecule has 0 radical (unpaired) electrons. The first-order valence-electron chi connectivity index (χ1n) is 4.71. The Hall–Kier alpha value is -1.56. The third-order valence-corrected chi connectivity index (χ3v) is 1.64. The fourth-order valence-electron chi connectivity index (χ4n) is 0.872. The highest BCUT2D eigenvalue weighted by Gasteiger charge is 2.13. The van der Waals surface area contributed by atoms with Gasteiger partial charge < -0.3 is 11.5 Å². The molecule has 0 aromatic rings. The van der Waals surface area contributed by atoms with E-state index in [1.165, 1.54) is 6.08 Å².